The van der Waals surface area contributed by atoms with Crippen LogP contribution in [-0.2, 0) is 9.53 Å². The van der Waals surface area contributed by atoms with Crippen LogP contribution in [0.1, 0.15) is 44.9 Å². The molecule has 86 valence electrons. The normalized spacial score (nSPS) is 24.3. The molecule has 0 bridgehead atoms. The summed E-state index contributed by atoms with van der Waals surface area (Å²) in [6.45, 7) is 2.11. The van der Waals surface area contributed by atoms with Crippen LogP contribution in [-0.4, -0.2) is 25.2 Å². The van der Waals surface area contributed by atoms with Crippen molar-refractivity contribution in [3.63, 3.8) is 0 Å². The molecule has 0 aromatic rings. The van der Waals surface area contributed by atoms with Crippen LogP contribution in [0.4, 0.5) is 0 Å². The maximum atomic E-state index is 11.6. The lowest BCUT2D eigenvalue weighted by atomic mass is 9.95. The zero-order valence-corrected chi connectivity index (χ0v) is 9.34. The predicted octanol–water partition coefficient (Wildman–Crippen LogP) is 1.86. The molecule has 0 atom stereocenters. The molecule has 2 rings (SSSR count). The summed E-state index contributed by atoms with van der Waals surface area (Å²) in [6, 6.07) is 0. The predicted molar refractivity (Wildman–Crippen MR) is 58.6 cm³/mol. The molecule has 1 heterocycles. The van der Waals surface area contributed by atoms with Gasteiger partial charge in [-0.25, -0.2) is 0 Å². The first kappa shape index (κ1) is 10.9. The Morgan fingerprint density at radius 2 is 1.80 bits per heavy atom. The molecule has 2 fully saturated rings. The number of rotatable bonds is 3. The van der Waals surface area contributed by atoms with E-state index in [-0.39, 0.29) is 12.1 Å². The molecule has 1 saturated heterocycles. The highest BCUT2D eigenvalue weighted by Gasteiger charge is 2.22. The maximum absolute atomic E-state index is 11.6. The Hall–Kier alpha value is -0.570. The van der Waals surface area contributed by atoms with Gasteiger partial charge in [-0.3, -0.25) is 4.79 Å². The zero-order valence-electron chi connectivity index (χ0n) is 9.34. The van der Waals surface area contributed by atoms with Gasteiger partial charge in [0.25, 0.3) is 0 Å². The van der Waals surface area contributed by atoms with E-state index in [4.69, 9.17) is 4.74 Å². The van der Waals surface area contributed by atoms with Crippen molar-refractivity contribution in [2.45, 2.75) is 51.0 Å². The van der Waals surface area contributed by atoms with E-state index >= 15 is 0 Å². The summed E-state index contributed by atoms with van der Waals surface area (Å²) in [6.07, 6.45) is 7.74. The lowest BCUT2D eigenvalue weighted by Gasteiger charge is -2.22. The third-order valence-electron chi connectivity index (χ3n) is 3.51. The monoisotopic (exact) mass is 211 g/mol. The molecule has 0 radical (unpaired) electrons. The van der Waals surface area contributed by atoms with Crippen LogP contribution in [0.3, 0.4) is 0 Å². The smallest absolute Gasteiger partial charge is 0.306 e. The first-order chi connectivity index (χ1) is 7.34. The lowest BCUT2D eigenvalue weighted by Crippen LogP contribution is -2.29. The summed E-state index contributed by atoms with van der Waals surface area (Å²) in [5.41, 5.74) is 0. The number of esters is 1. The molecule has 1 aliphatic carbocycles. The van der Waals surface area contributed by atoms with E-state index in [2.05, 4.69) is 5.32 Å². The van der Waals surface area contributed by atoms with Crippen molar-refractivity contribution in [3.8, 4) is 0 Å². The molecule has 1 N–H and O–H groups in total. The highest BCUT2D eigenvalue weighted by Crippen LogP contribution is 2.23. The second kappa shape index (κ2) is 5.50. The molecule has 0 spiro atoms. The number of carbonyl (C=O) groups excluding carboxylic acids is 1. The van der Waals surface area contributed by atoms with Crippen LogP contribution in [0.2, 0.25) is 0 Å². The largest absolute Gasteiger partial charge is 0.462 e. The SMILES string of the molecule is O=C(CC1CCNCC1)OC1CCCC1. The van der Waals surface area contributed by atoms with Gasteiger partial charge in [-0.1, -0.05) is 0 Å². The number of carbonyl (C=O) groups is 1. The van der Waals surface area contributed by atoms with E-state index < -0.39 is 0 Å². The molecule has 0 unspecified atom stereocenters. The minimum Gasteiger partial charge on any atom is -0.462 e. The van der Waals surface area contributed by atoms with Gasteiger partial charge >= 0.3 is 5.97 Å². The van der Waals surface area contributed by atoms with Crippen LogP contribution in [0, 0.1) is 5.92 Å². The first-order valence-corrected chi connectivity index (χ1v) is 6.25. The Morgan fingerprint density at radius 1 is 1.13 bits per heavy atom. The molecule has 3 heteroatoms. The van der Waals surface area contributed by atoms with Gasteiger partial charge in [0, 0.05) is 6.42 Å². The van der Waals surface area contributed by atoms with Gasteiger partial charge in [0.05, 0.1) is 0 Å². The van der Waals surface area contributed by atoms with E-state index in [1.54, 1.807) is 0 Å². The summed E-state index contributed by atoms with van der Waals surface area (Å²) < 4.78 is 5.45. The van der Waals surface area contributed by atoms with E-state index in [9.17, 15) is 4.79 Å². The fraction of sp³-hybridized carbons (Fsp3) is 0.917. The third kappa shape index (κ3) is 3.49. The molecule has 0 aromatic heterocycles. The van der Waals surface area contributed by atoms with Gasteiger partial charge in [0.1, 0.15) is 6.10 Å². The topological polar surface area (TPSA) is 38.3 Å². The molecule has 15 heavy (non-hydrogen) atoms. The minimum absolute atomic E-state index is 0.0359. The summed E-state index contributed by atoms with van der Waals surface area (Å²) in [7, 11) is 0. The average Bonchev–Trinajstić information content (AvgIpc) is 2.71. The van der Waals surface area contributed by atoms with Gasteiger partial charge < -0.3 is 10.1 Å². The lowest BCUT2D eigenvalue weighted by molar-refractivity contribution is -0.150. The zero-order chi connectivity index (χ0) is 10.5. The quantitative estimate of drug-likeness (QED) is 0.724. The fourth-order valence-electron chi connectivity index (χ4n) is 2.56. The second-order valence-corrected chi connectivity index (χ2v) is 4.79. The highest BCUT2D eigenvalue weighted by atomic mass is 16.5. The van der Waals surface area contributed by atoms with Crippen LogP contribution in [0.15, 0.2) is 0 Å². The number of nitrogens with one attached hydrogen (secondary N) is 1. The Morgan fingerprint density at radius 3 is 2.47 bits per heavy atom. The van der Waals surface area contributed by atoms with Crippen molar-refractivity contribution in [1.82, 2.24) is 5.32 Å². The van der Waals surface area contributed by atoms with Crippen LogP contribution in [0.25, 0.3) is 0 Å². The number of hydrogen-bond donors (Lipinski definition) is 1. The second-order valence-electron chi connectivity index (χ2n) is 4.79. The summed E-state index contributed by atoms with van der Waals surface area (Å²) in [5.74, 6) is 0.592. The average molecular weight is 211 g/mol. The number of ether oxygens (including phenoxy) is 1. The van der Waals surface area contributed by atoms with Crippen LogP contribution < -0.4 is 5.32 Å². The molecule has 1 saturated carbocycles. The van der Waals surface area contributed by atoms with Crippen molar-refractivity contribution in [2.75, 3.05) is 13.1 Å². The molecular weight excluding hydrogens is 190 g/mol. The van der Waals surface area contributed by atoms with Crippen LogP contribution >= 0.6 is 0 Å². The van der Waals surface area contributed by atoms with Gasteiger partial charge in [0.15, 0.2) is 0 Å². The van der Waals surface area contributed by atoms with Gasteiger partial charge in [-0.05, 0) is 57.5 Å². The molecule has 0 aromatic carbocycles. The molecular formula is C12H21NO2. The minimum atomic E-state index is 0.0359. The van der Waals surface area contributed by atoms with Crippen LogP contribution in [0.5, 0.6) is 0 Å². The fourth-order valence-corrected chi connectivity index (χ4v) is 2.56. The van der Waals surface area contributed by atoms with Crippen molar-refractivity contribution < 1.29 is 9.53 Å². The Bertz CT molecular complexity index is 206. The van der Waals surface area contributed by atoms with E-state index in [0.717, 1.165) is 38.8 Å². The summed E-state index contributed by atoms with van der Waals surface area (Å²) in [5, 5.41) is 3.31. The number of piperidine rings is 1. The van der Waals surface area contributed by atoms with Crippen molar-refractivity contribution in [3.05, 3.63) is 0 Å². The Balaban J connectivity index is 1.66. The van der Waals surface area contributed by atoms with E-state index in [1.807, 2.05) is 0 Å². The summed E-state index contributed by atoms with van der Waals surface area (Å²) in [4.78, 5) is 11.6. The van der Waals surface area contributed by atoms with E-state index in [0.29, 0.717) is 12.3 Å². The van der Waals surface area contributed by atoms with Crippen molar-refractivity contribution in [2.24, 2.45) is 5.92 Å². The van der Waals surface area contributed by atoms with Gasteiger partial charge in [0.2, 0.25) is 0 Å². The maximum Gasteiger partial charge on any atom is 0.306 e. The van der Waals surface area contributed by atoms with Crippen molar-refractivity contribution >= 4 is 5.97 Å². The Kier molecular flexibility index (Phi) is 4.01. The molecule has 1 aliphatic heterocycles. The summed E-state index contributed by atoms with van der Waals surface area (Å²) >= 11 is 0. The third-order valence-corrected chi connectivity index (χ3v) is 3.51. The molecule has 3 nitrogen and oxygen atoms in total. The standard InChI is InChI=1S/C12H21NO2/c14-12(15-11-3-1-2-4-11)9-10-5-7-13-8-6-10/h10-11,13H,1-9H2. The molecule has 2 aliphatic rings. The number of hydrogen-bond acceptors (Lipinski definition) is 3. The van der Waals surface area contributed by atoms with Gasteiger partial charge in [-0.2, -0.15) is 0 Å². The van der Waals surface area contributed by atoms with Gasteiger partial charge in [-0.15, -0.1) is 0 Å². The highest BCUT2D eigenvalue weighted by molar-refractivity contribution is 5.69. The molecule has 0 amide bonds. The van der Waals surface area contributed by atoms with E-state index in [1.165, 1.54) is 12.8 Å². The Labute approximate surface area is 91.6 Å². The first-order valence-electron chi connectivity index (χ1n) is 6.25. The van der Waals surface area contributed by atoms with Crippen molar-refractivity contribution in [1.29, 1.82) is 0 Å².